The van der Waals surface area contributed by atoms with Crippen LogP contribution >= 0.6 is 34.8 Å². The number of ether oxygens (including phenoxy) is 1. The number of nitrogens with zero attached hydrogens (tertiary/aromatic N) is 1. The first-order valence-corrected chi connectivity index (χ1v) is 11.2. The predicted molar refractivity (Wildman–Crippen MR) is 116 cm³/mol. The van der Waals surface area contributed by atoms with Gasteiger partial charge in [-0.25, -0.2) is 0 Å². The van der Waals surface area contributed by atoms with E-state index < -0.39 is 15.1 Å². The molecule has 0 radical (unpaired) electrons. The monoisotopic (exact) mass is 503 g/mol. The van der Waals surface area contributed by atoms with Gasteiger partial charge in [0.2, 0.25) is 0 Å². The summed E-state index contributed by atoms with van der Waals surface area (Å²) in [6.07, 6.45) is 3.39. The lowest BCUT2D eigenvalue weighted by Crippen LogP contribution is -2.34. The van der Waals surface area contributed by atoms with Gasteiger partial charge in [0.25, 0.3) is 5.91 Å². The summed E-state index contributed by atoms with van der Waals surface area (Å²) < 4.78 is 42.2. The SMILES string of the molecule is O=C(COc1ccc(Cl)c(Cl)c1)Nc1ccc[n+](Cc2ccc(S(=O)(=O)F)cc2Cl)c1. The Hall–Kier alpha value is -2.39. The number of nitrogens with one attached hydrogen (secondary N) is 1. The largest absolute Gasteiger partial charge is 0.484 e. The lowest BCUT2D eigenvalue weighted by molar-refractivity contribution is -0.687. The molecule has 162 valence electrons. The Balaban J connectivity index is 1.63. The molecule has 0 unspecified atom stereocenters. The summed E-state index contributed by atoms with van der Waals surface area (Å²) in [6, 6.07) is 11.7. The molecule has 2 aromatic carbocycles. The molecule has 0 fully saturated rings. The van der Waals surface area contributed by atoms with Crippen LogP contribution in [0.5, 0.6) is 5.75 Å². The van der Waals surface area contributed by atoms with Gasteiger partial charge in [-0.05, 0) is 36.4 Å². The number of carbonyl (C=O) groups is 1. The highest BCUT2D eigenvalue weighted by atomic mass is 35.5. The van der Waals surface area contributed by atoms with Gasteiger partial charge in [0.1, 0.15) is 11.4 Å². The highest BCUT2D eigenvalue weighted by molar-refractivity contribution is 7.86. The van der Waals surface area contributed by atoms with E-state index in [0.717, 1.165) is 12.1 Å². The quantitative estimate of drug-likeness (QED) is 0.375. The maximum atomic E-state index is 13.1. The van der Waals surface area contributed by atoms with Crippen LogP contribution in [-0.2, 0) is 21.6 Å². The summed E-state index contributed by atoms with van der Waals surface area (Å²) in [5.74, 6) is 0.0143. The van der Waals surface area contributed by atoms with E-state index in [2.05, 4.69) is 5.32 Å². The van der Waals surface area contributed by atoms with Crippen LogP contribution in [0.25, 0.3) is 0 Å². The summed E-state index contributed by atoms with van der Waals surface area (Å²) in [7, 11) is -4.83. The Labute approximate surface area is 193 Å². The number of hydrogen-bond acceptors (Lipinski definition) is 4. The number of benzene rings is 2. The van der Waals surface area contributed by atoms with Gasteiger partial charge < -0.3 is 10.1 Å². The molecule has 0 bridgehead atoms. The zero-order chi connectivity index (χ0) is 22.6. The molecule has 0 aliphatic carbocycles. The van der Waals surface area contributed by atoms with Crippen LogP contribution in [-0.4, -0.2) is 20.9 Å². The molecular formula is C20H15Cl3FN2O4S+. The Morgan fingerprint density at radius 2 is 1.81 bits per heavy atom. The zero-order valence-corrected chi connectivity index (χ0v) is 18.8. The van der Waals surface area contributed by atoms with Crippen LogP contribution in [0.1, 0.15) is 5.56 Å². The van der Waals surface area contributed by atoms with Crippen molar-refractivity contribution in [3.63, 3.8) is 0 Å². The summed E-state index contributed by atoms with van der Waals surface area (Å²) >= 11 is 17.8. The zero-order valence-electron chi connectivity index (χ0n) is 15.7. The van der Waals surface area contributed by atoms with Crippen molar-refractivity contribution in [2.24, 2.45) is 0 Å². The molecule has 0 aliphatic rings. The standard InChI is InChI=1S/C20H14Cl3FN2O4S/c21-17-6-4-15(8-19(17)23)30-12-20(27)25-14-2-1-7-26(11-14)10-13-3-5-16(9-18(13)22)31(24,28)29/h1-9,11H,10,12H2/p+1. The molecule has 3 rings (SSSR count). The maximum Gasteiger partial charge on any atom is 0.332 e. The average molecular weight is 505 g/mol. The number of pyridine rings is 1. The Morgan fingerprint density at radius 3 is 2.48 bits per heavy atom. The van der Waals surface area contributed by atoms with Crippen LogP contribution in [0.4, 0.5) is 9.57 Å². The van der Waals surface area contributed by atoms with Crippen molar-refractivity contribution in [2.45, 2.75) is 11.4 Å². The van der Waals surface area contributed by atoms with E-state index in [4.69, 9.17) is 39.5 Å². The Bertz CT molecular complexity index is 1240. The highest BCUT2D eigenvalue weighted by Crippen LogP contribution is 2.26. The van der Waals surface area contributed by atoms with Crippen molar-refractivity contribution in [1.82, 2.24) is 0 Å². The minimum absolute atomic E-state index is 0.107. The summed E-state index contributed by atoms with van der Waals surface area (Å²) in [5.41, 5.74) is 1.08. The number of amides is 1. The second kappa shape index (κ2) is 9.82. The molecule has 0 saturated heterocycles. The normalized spacial score (nSPS) is 11.2. The van der Waals surface area contributed by atoms with Crippen molar-refractivity contribution in [2.75, 3.05) is 11.9 Å². The van der Waals surface area contributed by atoms with Gasteiger partial charge in [0.05, 0.1) is 20.0 Å². The van der Waals surface area contributed by atoms with Gasteiger partial charge in [-0.15, -0.1) is 3.89 Å². The third kappa shape index (κ3) is 6.54. The molecule has 1 amide bonds. The van der Waals surface area contributed by atoms with Crippen molar-refractivity contribution >= 4 is 56.6 Å². The van der Waals surface area contributed by atoms with E-state index >= 15 is 0 Å². The Kier molecular flexibility index (Phi) is 7.38. The van der Waals surface area contributed by atoms with Crippen molar-refractivity contribution < 1.29 is 26.4 Å². The van der Waals surface area contributed by atoms with Gasteiger partial charge >= 0.3 is 10.2 Å². The number of halogens is 4. The van der Waals surface area contributed by atoms with Crippen LogP contribution in [0, 0.1) is 0 Å². The molecule has 11 heteroatoms. The second-order valence-electron chi connectivity index (χ2n) is 6.37. The molecule has 1 aromatic heterocycles. The van der Waals surface area contributed by atoms with E-state index in [-0.39, 0.29) is 24.1 Å². The minimum atomic E-state index is -4.83. The smallest absolute Gasteiger partial charge is 0.332 e. The molecule has 1 N–H and O–H groups in total. The fraction of sp³-hybridized carbons (Fsp3) is 0.100. The maximum absolute atomic E-state index is 13.1. The number of carbonyl (C=O) groups excluding carboxylic acids is 1. The number of anilines is 1. The molecule has 6 nitrogen and oxygen atoms in total. The molecule has 1 heterocycles. The fourth-order valence-electron chi connectivity index (χ4n) is 2.61. The highest BCUT2D eigenvalue weighted by Gasteiger charge is 2.16. The predicted octanol–water partition coefficient (Wildman–Crippen LogP) is 4.66. The van der Waals surface area contributed by atoms with Crippen LogP contribution in [0.2, 0.25) is 15.1 Å². The second-order valence-corrected chi connectivity index (χ2v) is 8.94. The summed E-state index contributed by atoms with van der Waals surface area (Å²) in [6.45, 7) is 0.0345. The van der Waals surface area contributed by atoms with Gasteiger partial charge in [-0.2, -0.15) is 13.0 Å². The third-order valence-electron chi connectivity index (χ3n) is 4.06. The van der Waals surface area contributed by atoms with Crippen molar-refractivity contribution in [3.05, 3.63) is 81.6 Å². The molecule has 0 spiro atoms. The van der Waals surface area contributed by atoms with Crippen LogP contribution in [0.15, 0.2) is 65.8 Å². The first-order chi connectivity index (χ1) is 14.6. The Morgan fingerprint density at radius 1 is 1.03 bits per heavy atom. The van der Waals surface area contributed by atoms with E-state index in [1.165, 1.54) is 12.1 Å². The first kappa shape index (κ1) is 23.3. The summed E-state index contributed by atoms with van der Waals surface area (Å²) in [5, 5.41) is 3.51. The lowest BCUT2D eigenvalue weighted by atomic mass is 10.2. The molecule has 0 saturated carbocycles. The topological polar surface area (TPSA) is 76.3 Å². The van der Waals surface area contributed by atoms with E-state index in [1.54, 1.807) is 41.2 Å². The molecular weight excluding hydrogens is 490 g/mol. The summed E-state index contributed by atoms with van der Waals surface area (Å²) in [4.78, 5) is 11.7. The van der Waals surface area contributed by atoms with Crippen molar-refractivity contribution in [3.8, 4) is 5.75 Å². The van der Waals surface area contributed by atoms with Gasteiger partial charge in [0, 0.05) is 17.7 Å². The van der Waals surface area contributed by atoms with E-state index in [9.17, 15) is 17.1 Å². The molecule has 0 atom stereocenters. The lowest BCUT2D eigenvalue weighted by Gasteiger charge is -2.08. The van der Waals surface area contributed by atoms with E-state index in [1.807, 2.05) is 0 Å². The van der Waals surface area contributed by atoms with E-state index in [0.29, 0.717) is 27.0 Å². The van der Waals surface area contributed by atoms with Crippen LogP contribution in [0.3, 0.4) is 0 Å². The molecule has 31 heavy (non-hydrogen) atoms. The number of hydrogen-bond donors (Lipinski definition) is 1. The van der Waals surface area contributed by atoms with Crippen LogP contribution < -0.4 is 14.6 Å². The first-order valence-electron chi connectivity index (χ1n) is 8.72. The average Bonchev–Trinajstić information content (AvgIpc) is 2.70. The molecule has 3 aromatic rings. The minimum Gasteiger partial charge on any atom is -0.484 e. The molecule has 0 aliphatic heterocycles. The van der Waals surface area contributed by atoms with Gasteiger partial charge in [-0.1, -0.05) is 34.8 Å². The number of aromatic nitrogens is 1. The van der Waals surface area contributed by atoms with Crippen molar-refractivity contribution in [1.29, 1.82) is 0 Å². The number of rotatable bonds is 7. The van der Waals surface area contributed by atoms with Gasteiger partial charge in [0.15, 0.2) is 25.5 Å². The third-order valence-corrected chi connectivity index (χ3v) is 5.97. The fourth-order valence-corrected chi connectivity index (χ4v) is 3.69. The van der Waals surface area contributed by atoms with Gasteiger partial charge in [-0.3, -0.25) is 4.79 Å².